The predicted molar refractivity (Wildman–Crippen MR) is 110 cm³/mol. The minimum atomic E-state index is -3.53. The van der Waals surface area contributed by atoms with E-state index in [1.807, 2.05) is 0 Å². The third-order valence-corrected chi connectivity index (χ3v) is 7.12. The van der Waals surface area contributed by atoms with E-state index in [4.69, 9.17) is 0 Å². The van der Waals surface area contributed by atoms with Crippen molar-refractivity contribution in [2.24, 2.45) is 5.92 Å². The van der Waals surface area contributed by atoms with Gasteiger partial charge in [-0.25, -0.2) is 13.1 Å². The molecule has 5 nitrogen and oxygen atoms in total. The number of hydrogen-bond acceptors (Lipinski definition) is 4. The van der Waals surface area contributed by atoms with Gasteiger partial charge in [-0.3, -0.25) is 4.79 Å². The molecule has 0 fully saturated rings. The van der Waals surface area contributed by atoms with E-state index < -0.39 is 10.0 Å². The molecule has 0 spiro atoms. The minimum absolute atomic E-state index is 0.0757. The Morgan fingerprint density at radius 2 is 1.85 bits per heavy atom. The van der Waals surface area contributed by atoms with Crippen molar-refractivity contribution in [2.75, 3.05) is 6.54 Å². The first-order valence-corrected chi connectivity index (χ1v) is 11.6. The lowest BCUT2D eigenvalue weighted by molar-refractivity contribution is -0.122. The van der Waals surface area contributed by atoms with Gasteiger partial charge in [0.1, 0.15) is 4.21 Å². The maximum atomic E-state index is 12.3. The van der Waals surface area contributed by atoms with E-state index in [9.17, 15) is 13.2 Å². The van der Waals surface area contributed by atoms with Gasteiger partial charge in [-0.2, -0.15) is 0 Å². The molecule has 1 aromatic heterocycles. The van der Waals surface area contributed by atoms with Crippen LogP contribution in [0.4, 0.5) is 0 Å². The normalized spacial score (nSPS) is 12.9. The molecule has 27 heavy (non-hydrogen) atoms. The first-order chi connectivity index (χ1) is 12.8. The summed E-state index contributed by atoms with van der Waals surface area (Å²) in [5.41, 5.74) is 2.36. The second-order valence-corrected chi connectivity index (χ2v) is 9.80. The van der Waals surface area contributed by atoms with Gasteiger partial charge in [-0.05, 0) is 34.9 Å². The van der Waals surface area contributed by atoms with Crippen molar-refractivity contribution in [1.82, 2.24) is 10.0 Å². The van der Waals surface area contributed by atoms with Crippen molar-refractivity contribution in [3.8, 4) is 0 Å². The monoisotopic (exact) mass is 408 g/mol. The molecule has 2 aromatic rings. The van der Waals surface area contributed by atoms with Crippen LogP contribution in [0.3, 0.4) is 0 Å². The summed E-state index contributed by atoms with van der Waals surface area (Å²) in [6.07, 6.45) is 2.25. The van der Waals surface area contributed by atoms with Crippen LogP contribution >= 0.6 is 11.3 Å². The molecule has 2 N–H and O–H groups in total. The molecule has 2 rings (SSSR count). The molecule has 1 atom stereocenters. The SMILES string of the molecule is CCCc1ccc([C@@H](NC(=O)CCNS(=O)(=O)c2cccs2)C(C)C)cc1. The first kappa shape index (κ1) is 21.6. The molecule has 1 aromatic carbocycles. The van der Waals surface area contributed by atoms with Gasteiger partial charge in [0, 0.05) is 13.0 Å². The van der Waals surface area contributed by atoms with E-state index in [2.05, 4.69) is 55.1 Å². The molecule has 0 radical (unpaired) electrons. The maximum Gasteiger partial charge on any atom is 0.250 e. The van der Waals surface area contributed by atoms with E-state index in [0.29, 0.717) is 0 Å². The molecule has 0 aliphatic carbocycles. The zero-order valence-corrected chi connectivity index (χ0v) is 17.7. The van der Waals surface area contributed by atoms with Gasteiger partial charge >= 0.3 is 0 Å². The fraction of sp³-hybridized carbons (Fsp3) is 0.450. The number of carbonyl (C=O) groups is 1. The number of sulfonamides is 1. The van der Waals surface area contributed by atoms with Crippen LogP contribution in [0.1, 0.15) is 50.8 Å². The van der Waals surface area contributed by atoms with Crippen molar-refractivity contribution < 1.29 is 13.2 Å². The second-order valence-electron chi connectivity index (χ2n) is 6.86. The average molecular weight is 409 g/mol. The number of nitrogens with one attached hydrogen (secondary N) is 2. The van der Waals surface area contributed by atoms with Gasteiger partial charge in [0.25, 0.3) is 0 Å². The molecule has 1 heterocycles. The number of hydrogen-bond donors (Lipinski definition) is 2. The van der Waals surface area contributed by atoms with E-state index in [1.165, 1.54) is 5.56 Å². The van der Waals surface area contributed by atoms with Gasteiger partial charge in [0.2, 0.25) is 15.9 Å². The van der Waals surface area contributed by atoms with Gasteiger partial charge in [-0.1, -0.05) is 57.5 Å². The summed E-state index contributed by atoms with van der Waals surface area (Å²) in [6.45, 7) is 6.35. The zero-order valence-electron chi connectivity index (χ0n) is 16.1. The topological polar surface area (TPSA) is 75.3 Å². The van der Waals surface area contributed by atoms with Crippen LogP contribution in [0.5, 0.6) is 0 Å². The number of carbonyl (C=O) groups excluding carboxylic acids is 1. The summed E-state index contributed by atoms with van der Waals surface area (Å²) in [7, 11) is -3.53. The van der Waals surface area contributed by atoms with E-state index in [1.54, 1.807) is 17.5 Å². The predicted octanol–water partition coefficient (Wildman–Crippen LogP) is 3.88. The summed E-state index contributed by atoms with van der Waals surface area (Å²) in [5.74, 6) is 0.0639. The number of thiophene rings is 1. The Kier molecular flexibility index (Phi) is 8.01. The third-order valence-electron chi connectivity index (χ3n) is 4.26. The van der Waals surface area contributed by atoms with Crippen LogP contribution < -0.4 is 10.0 Å². The van der Waals surface area contributed by atoms with Crippen molar-refractivity contribution in [3.63, 3.8) is 0 Å². The van der Waals surface area contributed by atoms with Crippen LogP contribution in [0.2, 0.25) is 0 Å². The van der Waals surface area contributed by atoms with Crippen LogP contribution in [0, 0.1) is 5.92 Å². The van der Waals surface area contributed by atoms with Crippen LogP contribution in [0.15, 0.2) is 46.0 Å². The summed E-state index contributed by atoms with van der Waals surface area (Å²) in [5, 5.41) is 4.74. The molecule has 0 unspecified atom stereocenters. The molecule has 0 aliphatic rings. The molecule has 0 saturated carbocycles. The lowest BCUT2D eigenvalue weighted by Crippen LogP contribution is -2.34. The van der Waals surface area contributed by atoms with Crippen molar-refractivity contribution in [2.45, 2.75) is 50.3 Å². The lowest BCUT2D eigenvalue weighted by atomic mass is 9.94. The number of rotatable bonds is 10. The number of benzene rings is 1. The highest BCUT2D eigenvalue weighted by atomic mass is 32.2. The Morgan fingerprint density at radius 1 is 1.15 bits per heavy atom. The van der Waals surface area contributed by atoms with Gasteiger partial charge in [-0.15, -0.1) is 11.3 Å². The Balaban J connectivity index is 1.91. The zero-order chi connectivity index (χ0) is 19.9. The summed E-state index contributed by atoms with van der Waals surface area (Å²) in [6, 6.07) is 11.5. The highest BCUT2D eigenvalue weighted by Gasteiger charge is 2.19. The van der Waals surface area contributed by atoms with Crippen LogP contribution in [0.25, 0.3) is 0 Å². The number of amides is 1. The van der Waals surface area contributed by atoms with Gasteiger partial charge < -0.3 is 5.32 Å². The van der Waals surface area contributed by atoms with Gasteiger partial charge in [0.15, 0.2) is 0 Å². The fourth-order valence-electron chi connectivity index (χ4n) is 2.85. The fourth-order valence-corrected chi connectivity index (χ4v) is 4.92. The van der Waals surface area contributed by atoms with E-state index >= 15 is 0 Å². The molecule has 1 amide bonds. The average Bonchev–Trinajstić information content (AvgIpc) is 3.16. The smallest absolute Gasteiger partial charge is 0.250 e. The lowest BCUT2D eigenvalue weighted by Gasteiger charge is -2.23. The first-order valence-electron chi connectivity index (χ1n) is 9.25. The Morgan fingerprint density at radius 3 is 2.41 bits per heavy atom. The van der Waals surface area contributed by atoms with Crippen molar-refractivity contribution in [3.05, 3.63) is 52.9 Å². The van der Waals surface area contributed by atoms with E-state index in [0.717, 1.165) is 29.7 Å². The standard InChI is InChI=1S/C20H28N2O3S2/c1-4-6-16-8-10-17(11-9-16)20(15(2)3)22-18(23)12-13-21-27(24,25)19-7-5-14-26-19/h5,7-11,14-15,20-21H,4,6,12-13H2,1-3H3,(H,22,23)/t20-/m0/s1. The Bertz CT molecular complexity index is 813. The molecule has 0 bridgehead atoms. The summed E-state index contributed by atoms with van der Waals surface area (Å²) < 4.78 is 26.9. The summed E-state index contributed by atoms with van der Waals surface area (Å²) >= 11 is 1.15. The molecular weight excluding hydrogens is 380 g/mol. The second kappa shape index (κ2) is 10.0. The van der Waals surface area contributed by atoms with Gasteiger partial charge in [0.05, 0.1) is 6.04 Å². The third kappa shape index (κ3) is 6.45. The highest BCUT2D eigenvalue weighted by Crippen LogP contribution is 2.22. The Labute approximate surface area is 166 Å². The minimum Gasteiger partial charge on any atom is -0.349 e. The van der Waals surface area contributed by atoms with E-state index in [-0.39, 0.29) is 35.0 Å². The molecule has 0 saturated heterocycles. The quantitative estimate of drug-likeness (QED) is 0.626. The molecule has 0 aliphatic heterocycles. The maximum absolute atomic E-state index is 12.3. The van der Waals surface area contributed by atoms with Crippen LogP contribution in [-0.2, 0) is 21.2 Å². The van der Waals surface area contributed by atoms with Crippen molar-refractivity contribution >= 4 is 27.3 Å². The van der Waals surface area contributed by atoms with Crippen LogP contribution in [-0.4, -0.2) is 20.9 Å². The van der Waals surface area contributed by atoms with Crippen molar-refractivity contribution in [1.29, 1.82) is 0 Å². The Hall–Kier alpha value is -1.70. The molecular formula is C20H28N2O3S2. The summed E-state index contributed by atoms with van der Waals surface area (Å²) in [4.78, 5) is 12.3. The highest BCUT2D eigenvalue weighted by molar-refractivity contribution is 7.91. The molecule has 148 valence electrons. The largest absolute Gasteiger partial charge is 0.349 e. The number of aryl methyl sites for hydroxylation is 1. The molecule has 7 heteroatoms.